The quantitative estimate of drug-likeness (QED) is 0.935. The Hall–Kier alpha value is -2.57. The van der Waals surface area contributed by atoms with Crippen molar-refractivity contribution >= 4 is 5.97 Å². The van der Waals surface area contributed by atoms with Gasteiger partial charge in [0.05, 0.1) is 5.56 Å². The fourth-order valence-corrected chi connectivity index (χ4v) is 1.53. The summed E-state index contributed by atoms with van der Waals surface area (Å²) < 4.78 is 43.4. The molecular formula is C13H8F3NO3. The molecule has 0 atom stereocenters. The number of carbonyl (C=O) groups is 1. The van der Waals surface area contributed by atoms with Gasteiger partial charge in [-0.25, -0.2) is 9.78 Å². The molecule has 20 heavy (non-hydrogen) atoms. The number of carboxylic acids is 1. The predicted molar refractivity (Wildman–Crippen MR) is 62.7 cm³/mol. The van der Waals surface area contributed by atoms with E-state index >= 15 is 0 Å². The highest BCUT2D eigenvalue weighted by Crippen LogP contribution is 2.37. The van der Waals surface area contributed by atoms with E-state index in [1.54, 1.807) is 0 Å². The van der Waals surface area contributed by atoms with Gasteiger partial charge in [0.15, 0.2) is 0 Å². The average Bonchev–Trinajstić information content (AvgIpc) is 2.38. The van der Waals surface area contributed by atoms with E-state index in [1.807, 2.05) is 0 Å². The fourth-order valence-electron chi connectivity index (χ4n) is 1.53. The minimum atomic E-state index is -4.60. The molecule has 0 aliphatic rings. The van der Waals surface area contributed by atoms with Crippen LogP contribution >= 0.6 is 0 Å². The maximum absolute atomic E-state index is 12.8. The van der Waals surface area contributed by atoms with E-state index in [4.69, 9.17) is 9.84 Å². The number of carboxylic acid groups (broad SMARTS) is 1. The molecule has 2 rings (SSSR count). The van der Waals surface area contributed by atoms with Crippen molar-refractivity contribution in [1.82, 2.24) is 4.98 Å². The number of aromatic nitrogens is 1. The van der Waals surface area contributed by atoms with Gasteiger partial charge >= 0.3 is 12.1 Å². The number of alkyl halides is 3. The first kappa shape index (κ1) is 13.9. The summed E-state index contributed by atoms with van der Waals surface area (Å²) in [4.78, 5) is 14.6. The van der Waals surface area contributed by atoms with Crippen LogP contribution < -0.4 is 4.74 Å². The number of ether oxygens (including phenoxy) is 1. The van der Waals surface area contributed by atoms with Crippen LogP contribution in [0.1, 0.15) is 15.9 Å². The van der Waals surface area contributed by atoms with Gasteiger partial charge in [0.25, 0.3) is 0 Å². The van der Waals surface area contributed by atoms with Crippen LogP contribution in [0, 0.1) is 0 Å². The van der Waals surface area contributed by atoms with E-state index in [9.17, 15) is 18.0 Å². The number of hydrogen-bond donors (Lipinski definition) is 1. The van der Waals surface area contributed by atoms with Gasteiger partial charge in [-0.2, -0.15) is 13.2 Å². The van der Waals surface area contributed by atoms with E-state index in [0.29, 0.717) is 0 Å². The first-order chi connectivity index (χ1) is 9.39. The molecule has 7 heteroatoms. The smallest absolute Gasteiger partial charge is 0.419 e. The minimum absolute atomic E-state index is 0.315. The van der Waals surface area contributed by atoms with Crippen LogP contribution in [0.4, 0.5) is 13.2 Å². The van der Waals surface area contributed by atoms with Crippen molar-refractivity contribution in [2.75, 3.05) is 0 Å². The Morgan fingerprint density at radius 2 is 1.85 bits per heavy atom. The second-order valence-corrected chi connectivity index (χ2v) is 3.76. The summed E-state index contributed by atoms with van der Waals surface area (Å²) in [6.45, 7) is 0. The number of aromatic carboxylic acids is 1. The molecule has 1 heterocycles. The van der Waals surface area contributed by atoms with Crippen LogP contribution in [0.2, 0.25) is 0 Å². The van der Waals surface area contributed by atoms with E-state index in [0.717, 1.165) is 12.1 Å². The molecular weight excluding hydrogens is 275 g/mol. The van der Waals surface area contributed by atoms with Gasteiger partial charge in [0, 0.05) is 6.20 Å². The number of rotatable bonds is 3. The zero-order chi connectivity index (χ0) is 14.8. The lowest BCUT2D eigenvalue weighted by Gasteiger charge is -2.13. The van der Waals surface area contributed by atoms with E-state index in [1.165, 1.54) is 30.5 Å². The molecule has 104 valence electrons. The third-order valence-electron chi connectivity index (χ3n) is 2.40. The molecule has 0 fully saturated rings. The normalized spacial score (nSPS) is 11.2. The van der Waals surface area contributed by atoms with Crippen LogP contribution in [0.15, 0.2) is 42.6 Å². The first-order valence-corrected chi connectivity index (χ1v) is 5.42. The van der Waals surface area contributed by atoms with Crippen LogP contribution in [0.5, 0.6) is 11.6 Å². The van der Waals surface area contributed by atoms with Crippen molar-refractivity contribution < 1.29 is 27.8 Å². The summed E-state index contributed by atoms with van der Waals surface area (Å²) in [5.74, 6) is -2.23. The Morgan fingerprint density at radius 1 is 1.15 bits per heavy atom. The van der Waals surface area contributed by atoms with E-state index in [-0.39, 0.29) is 5.56 Å². The molecule has 0 unspecified atom stereocenters. The van der Waals surface area contributed by atoms with Crippen molar-refractivity contribution in [3.8, 4) is 11.6 Å². The van der Waals surface area contributed by atoms with Crippen LogP contribution in [-0.2, 0) is 6.18 Å². The molecule has 1 N–H and O–H groups in total. The van der Waals surface area contributed by atoms with Gasteiger partial charge in [0.1, 0.15) is 11.3 Å². The van der Waals surface area contributed by atoms with Gasteiger partial charge in [-0.15, -0.1) is 0 Å². The Kier molecular flexibility index (Phi) is 3.60. The number of benzene rings is 1. The zero-order valence-electron chi connectivity index (χ0n) is 9.89. The lowest BCUT2D eigenvalue weighted by Crippen LogP contribution is -2.08. The number of nitrogens with zero attached hydrogens (tertiary/aromatic N) is 1. The third-order valence-corrected chi connectivity index (χ3v) is 2.40. The standard InChI is InChI=1S/C13H8F3NO3/c14-13(15,16)9-5-1-2-6-10(9)20-11-8(12(18)19)4-3-7-17-11/h1-7H,(H,18,19). The Bertz CT molecular complexity index is 641. The number of hydrogen-bond acceptors (Lipinski definition) is 3. The number of halogens is 3. The molecule has 0 aliphatic heterocycles. The predicted octanol–water partition coefficient (Wildman–Crippen LogP) is 3.59. The summed E-state index contributed by atoms with van der Waals surface area (Å²) in [6.07, 6.45) is -3.37. The number of para-hydroxylation sites is 1. The monoisotopic (exact) mass is 283 g/mol. The molecule has 0 radical (unpaired) electrons. The highest BCUT2D eigenvalue weighted by atomic mass is 19.4. The topological polar surface area (TPSA) is 59.4 Å². The third kappa shape index (κ3) is 2.87. The molecule has 0 spiro atoms. The van der Waals surface area contributed by atoms with Crippen molar-refractivity contribution in [1.29, 1.82) is 0 Å². The average molecular weight is 283 g/mol. The van der Waals surface area contributed by atoms with Gasteiger partial charge in [-0.3, -0.25) is 0 Å². The maximum Gasteiger partial charge on any atom is 0.419 e. The Morgan fingerprint density at radius 3 is 2.50 bits per heavy atom. The molecule has 1 aromatic carbocycles. The van der Waals surface area contributed by atoms with Gasteiger partial charge in [-0.05, 0) is 24.3 Å². The number of pyridine rings is 1. The highest BCUT2D eigenvalue weighted by Gasteiger charge is 2.34. The summed E-state index contributed by atoms with van der Waals surface area (Å²) in [5.41, 5.74) is -1.31. The summed E-state index contributed by atoms with van der Waals surface area (Å²) in [5, 5.41) is 8.93. The second kappa shape index (κ2) is 5.20. The summed E-state index contributed by atoms with van der Waals surface area (Å²) in [6, 6.07) is 7.06. The molecule has 4 nitrogen and oxygen atoms in total. The lowest BCUT2D eigenvalue weighted by molar-refractivity contribution is -0.138. The van der Waals surface area contributed by atoms with Crippen molar-refractivity contribution in [2.24, 2.45) is 0 Å². The largest absolute Gasteiger partial charge is 0.477 e. The van der Waals surface area contributed by atoms with E-state index < -0.39 is 29.3 Å². The molecule has 2 aromatic rings. The fraction of sp³-hybridized carbons (Fsp3) is 0.0769. The molecule has 0 aliphatic carbocycles. The van der Waals surface area contributed by atoms with Gasteiger partial charge in [0.2, 0.25) is 5.88 Å². The Labute approximate surface area is 111 Å². The molecule has 0 amide bonds. The van der Waals surface area contributed by atoms with Gasteiger partial charge < -0.3 is 9.84 Å². The molecule has 0 saturated carbocycles. The minimum Gasteiger partial charge on any atom is -0.477 e. The SMILES string of the molecule is O=C(O)c1cccnc1Oc1ccccc1C(F)(F)F. The van der Waals surface area contributed by atoms with Gasteiger partial charge in [-0.1, -0.05) is 12.1 Å². The highest BCUT2D eigenvalue weighted by molar-refractivity contribution is 5.90. The molecule has 1 aromatic heterocycles. The van der Waals surface area contributed by atoms with Crippen molar-refractivity contribution in [3.05, 3.63) is 53.7 Å². The molecule has 0 saturated heterocycles. The Balaban J connectivity index is 2.44. The van der Waals surface area contributed by atoms with Crippen LogP contribution in [0.25, 0.3) is 0 Å². The van der Waals surface area contributed by atoms with Crippen LogP contribution in [-0.4, -0.2) is 16.1 Å². The maximum atomic E-state index is 12.8. The van der Waals surface area contributed by atoms with Crippen molar-refractivity contribution in [2.45, 2.75) is 6.18 Å². The van der Waals surface area contributed by atoms with E-state index in [2.05, 4.69) is 4.98 Å². The first-order valence-electron chi connectivity index (χ1n) is 5.42. The summed E-state index contributed by atoms with van der Waals surface area (Å²) >= 11 is 0. The van der Waals surface area contributed by atoms with Crippen molar-refractivity contribution in [3.63, 3.8) is 0 Å². The lowest BCUT2D eigenvalue weighted by atomic mass is 10.2. The summed E-state index contributed by atoms with van der Waals surface area (Å²) in [7, 11) is 0. The molecule has 0 bridgehead atoms. The van der Waals surface area contributed by atoms with Crippen LogP contribution in [0.3, 0.4) is 0 Å². The second-order valence-electron chi connectivity index (χ2n) is 3.76. The zero-order valence-corrected chi connectivity index (χ0v) is 9.89.